The summed E-state index contributed by atoms with van der Waals surface area (Å²) in [5.74, 6) is 0.653. The Labute approximate surface area is 135 Å². The number of nitrogens with zero attached hydrogens (tertiary/aromatic N) is 1. The van der Waals surface area contributed by atoms with Crippen molar-refractivity contribution in [2.45, 2.75) is 26.3 Å². The smallest absolute Gasteiger partial charge is 0.0555 e. The fraction of sp³-hybridized carbons (Fsp3) is 0.333. The van der Waals surface area contributed by atoms with Gasteiger partial charge in [-0.05, 0) is 64.5 Å². The van der Waals surface area contributed by atoms with E-state index in [4.69, 9.17) is 5.73 Å². The van der Waals surface area contributed by atoms with Crippen molar-refractivity contribution < 1.29 is 0 Å². The highest BCUT2D eigenvalue weighted by Gasteiger charge is 2.23. The quantitative estimate of drug-likeness (QED) is 0.847. The molecule has 0 bridgehead atoms. The van der Waals surface area contributed by atoms with Crippen LogP contribution in [0.25, 0.3) is 0 Å². The average Bonchev–Trinajstić information content (AvgIpc) is 2.46. The summed E-state index contributed by atoms with van der Waals surface area (Å²) < 4.78 is 1.11. The number of hydrogen-bond acceptors (Lipinski definition) is 2. The average molecular weight is 345 g/mol. The zero-order chi connectivity index (χ0) is 15.0. The Hall–Kier alpha value is -1.32. The second-order valence-corrected chi connectivity index (χ2v) is 6.90. The largest absolute Gasteiger partial charge is 0.340 e. The van der Waals surface area contributed by atoms with Gasteiger partial charge in [-0.3, -0.25) is 0 Å². The first-order chi connectivity index (χ1) is 10.1. The zero-order valence-corrected chi connectivity index (χ0v) is 14.1. The third kappa shape index (κ3) is 2.85. The van der Waals surface area contributed by atoms with Crippen LogP contribution in [0.5, 0.6) is 0 Å². The normalized spacial score (nSPS) is 19.2. The number of fused-ring (bicyclic) bond motifs is 1. The van der Waals surface area contributed by atoms with Crippen LogP contribution < -0.4 is 10.6 Å². The lowest BCUT2D eigenvalue weighted by Crippen LogP contribution is -2.30. The summed E-state index contributed by atoms with van der Waals surface area (Å²) in [7, 11) is 0. The fourth-order valence-corrected chi connectivity index (χ4v) is 3.66. The summed E-state index contributed by atoms with van der Waals surface area (Å²) in [6, 6.07) is 15.2. The molecule has 2 aromatic carbocycles. The molecule has 0 radical (unpaired) electrons. The number of hydrogen-bond donors (Lipinski definition) is 1. The van der Waals surface area contributed by atoms with Crippen molar-refractivity contribution in [2.75, 3.05) is 11.4 Å². The van der Waals surface area contributed by atoms with Crippen LogP contribution in [-0.4, -0.2) is 6.54 Å². The number of halogens is 1. The van der Waals surface area contributed by atoms with Crippen LogP contribution in [0.1, 0.15) is 31.0 Å². The van der Waals surface area contributed by atoms with Crippen LogP contribution in [-0.2, 0) is 6.42 Å². The molecule has 1 aliphatic heterocycles. The first kappa shape index (κ1) is 14.6. The van der Waals surface area contributed by atoms with Gasteiger partial charge < -0.3 is 10.6 Å². The summed E-state index contributed by atoms with van der Waals surface area (Å²) in [6.07, 6.45) is 1.15. The Morgan fingerprint density at radius 3 is 2.67 bits per heavy atom. The first-order valence-electron chi connectivity index (χ1n) is 7.46. The molecule has 110 valence electrons. The Morgan fingerprint density at radius 2 is 1.95 bits per heavy atom. The minimum absolute atomic E-state index is 0.0583. The molecule has 0 fully saturated rings. The van der Waals surface area contributed by atoms with Gasteiger partial charge in [0, 0.05) is 22.7 Å². The molecule has 2 atom stereocenters. The molecule has 2 nitrogen and oxygen atoms in total. The summed E-state index contributed by atoms with van der Waals surface area (Å²) in [5, 5.41) is 0. The van der Waals surface area contributed by atoms with Crippen LogP contribution in [0.15, 0.2) is 46.9 Å². The van der Waals surface area contributed by atoms with E-state index >= 15 is 0 Å². The van der Waals surface area contributed by atoms with E-state index in [9.17, 15) is 0 Å². The fourth-order valence-electron chi connectivity index (χ4n) is 3.05. The van der Waals surface area contributed by atoms with Gasteiger partial charge in [-0.25, -0.2) is 0 Å². The standard InChI is InChI=1S/C18H21BrN2/c1-12-9-15-5-3-4-6-17(15)21(11-12)18-8-7-14(13(2)20)10-16(18)19/h3-8,10,12-13H,9,11,20H2,1-2H3/t12?,13-/m0/s1. The van der Waals surface area contributed by atoms with E-state index in [-0.39, 0.29) is 6.04 Å². The van der Waals surface area contributed by atoms with E-state index < -0.39 is 0 Å². The number of benzene rings is 2. The second kappa shape index (κ2) is 5.82. The van der Waals surface area contributed by atoms with E-state index in [1.165, 1.54) is 16.9 Å². The Kier molecular flexibility index (Phi) is 4.05. The van der Waals surface area contributed by atoms with Gasteiger partial charge in [-0.15, -0.1) is 0 Å². The summed E-state index contributed by atoms with van der Waals surface area (Å²) in [4.78, 5) is 2.42. The molecule has 21 heavy (non-hydrogen) atoms. The van der Waals surface area contributed by atoms with Crippen LogP contribution in [0.3, 0.4) is 0 Å². The van der Waals surface area contributed by atoms with Gasteiger partial charge in [-0.2, -0.15) is 0 Å². The van der Waals surface area contributed by atoms with Crippen LogP contribution in [0.2, 0.25) is 0 Å². The van der Waals surface area contributed by atoms with Crippen molar-refractivity contribution in [2.24, 2.45) is 11.7 Å². The number of para-hydroxylation sites is 1. The molecule has 0 saturated carbocycles. The lowest BCUT2D eigenvalue weighted by molar-refractivity contribution is 0.562. The molecule has 1 unspecified atom stereocenters. The van der Waals surface area contributed by atoms with Gasteiger partial charge in [0.05, 0.1) is 5.69 Å². The summed E-state index contributed by atoms with van der Waals surface area (Å²) in [5.41, 5.74) is 11.1. The van der Waals surface area contributed by atoms with Crippen molar-refractivity contribution in [3.05, 3.63) is 58.1 Å². The molecule has 0 amide bonds. The maximum absolute atomic E-state index is 5.98. The Morgan fingerprint density at radius 1 is 1.19 bits per heavy atom. The number of anilines is 2. The third-order valence-electron chi connectivity index (χ3n) is 4.13. The Bertz CT molecular complexity index is 651. The SMILES string of the molecule is CC1Cc2ccccc2N(c2ccc([C@H](C)N)cc2Br)C1. The number of nitrogens with two attached hydrogens (primary N) is 1. The molecule has 1 aliphatic rings. The van der Waals surface area contributed by atoms with Crippen LogP contribution in [0.4, 0.5) is 11.4 Å². The molecular formula is C18H21BrN2. The van der Waals surface area contributed by atoms with Gasteiger partial charge in [0.2, 0.25) is 0 Å². The molecule has 1 heterocycles. The topological polar surface area (TPSA) is 29.3 Å². The van der Waals surface area contributed by atoms with E-state index in [0.717, 1.165) is 23.0 Å². The maximum atomic E-state index is 5.98. The van der Waals surface area contributed by atoms with Gasteiger partial charge in [0.15, 0.2) is 0 Å². The predicted molar refractivity (Wildman–Crippen MR) is 93.1 cm³/mol. The molecular weight excluding hydrogens is 324 g/mol. The van der Waals surface area contributed by atoms with Crippen molar-refractivity contribution in [3.63, 3.8) is 0 Å². The van der Waals surface area contributed by atoms with Crippen LogP contribution in [0, 0.1) is 5.92 Å². The first-order valence-corrected chi connectivity index (χ1v) is 8.26. The van der Waals surface area contributed by atoms with Gasteiger partial charge in [-0.1, -0.05) is 31.2 Å². The lowest BCUT2D eigenvalue weighted by Gasteiger charge is -2.35. The molecule has 3 rings (SSSR count). The highest BCUT2D eigenvalue weighted by molar-refractivity contribution is 9.10. The van der Waals surface area contributed by atoms with E-state index in [2.05, 4.69) is 70.2 Å². The van der Waals surface area contributed by atoms with Crippen molar-refractivity contribution in [1.29, 1.82) is 0 Å². The molecule has 0 aromatic heterocycles. The second-order valence-electron chi connectivity index (χ2n) is 6.05. The van der Waals surface area contributed by atoms with Gasteiger partial charge >= 0.3 is 0 Å². The van der Waals surface area contributed by atoms with Gasteiger partial charge in [0.1, 0.15) is 0 Å². The molecule has 0 aliphatic carbocycles. The Balaban J connectivity index is 2.04. The van der Waals surface area contributed by atoms with E-state index in [1.54, 1.807) is 0 Å². The molecule has 3 heteroatoms. The lowest BCUT2D eigenvalue weighted by atomic mass is 9.93. The maximum Gasteiger partial charge on any atom is 0.0555 e. The zero-order valence-electron chi connectivity index (χ0n) is 12.5. The van der Waals surface area contributed by atoms with Gasteiger partial charge in [0.25, 0.3) is 0 Å². The van der Waals surface area contributed by atoms with Crippen molar-refractivity contribution in [1.82, 2.24) is 0 Å². The molecule has 0 spiro atoms. The minimum Gasteiger partial charge on any atom is -0.340 e. The molecule has 2 aromatic rings. The van der Waals surface area contributed by atoms with Crippen molar-refractivity contribution in [3.8, 4) is 0 Å². The monoisotopic (exact) mass is 344 g/mol. The van der Waals surface area contributed by atoms with Crippen molar-refractivity contribution >= 4 is 27.3 Å². The minimum atomic E-state index is 0.0583. The molecule has 2 N–H and O–H groups in total. The van der Waals surface area contributed by atoms with Crippen LogP contribution >= 0.6 is 15.9 Å². The number of rotatable bonds is 2. The molecule has 0 saturated heterocycles. The van der Waals surface area contributed by atoms with E-state index in [0.29, 0.717) is 5.92 Å². The highest BCUT2D eigenvalue weighted by atomic mass is 79.9. The third-order valence-corrected chi connectivity index (χ3v) is 4.77. The predicted octanol–water partition coefficient (Wildman–Crippen LogP) is 4.80. The van der Waals surface area contributed by atoms with E-state index in [1.807, 2.05) is 6.92 Å². The highest BCUT2D eigenvalue weighted by Crippen LogP contribution is 2.39. The summed E-state index contributed by atoms with van der Waals surface area (Å²) >= 11 is 3.73. The summed E-state index contributed by atoms with van der Waals surface area (Å²) in [6.45, 7) is 5.38.